The molecule has 28 heavy (non-hydrogen) atoms. The molecule has 1 spiro atoms. The summed E-state index contributed by atoms with van der Waals surface area (Å²) < 4.78 is 6.12. The molecule has 6 aliphatic rings. The minimum Gasteiger partial charge on any atom is -0.451 e. The number of carbonyl (C=O) groups excluding carboxylic acids is 1. The lowest BCUT2D eigenvalue weighted by molar-refractivity contribution is -0.170. The van der Waals surface area contributed by atoms with E-state index in [1.807, 2.05) is 0 Å². The van der Waals surface area contributed by atoms with Gasteiger partial charge in [-0.25, -0.2) is 4.79 Å². The average molecular weight is 382 g/mol. The molecular weight excluding hydrogens is 350 g/mol. The van der Waals surface area contributed by atoms with E-state index in [1.54, 1.807) is 11.6 Å². The largest absolute Gasteiger partial charge is 0.451 e. The predicted octanol–water partition coefficient (Wildman–Crippen LogP) is 4.73. The van der Waals surface area contributed by atoms with E-state index in [0.717, 1.165) is 42.7 Å². The molecule has 4 saturated carbocycles. The van der Waals surface area contributed by atoms with E-state index < -0.39 is 0 Å². The Kier molecular flexibility index (Phi) is 3.41. The Morgan fingerprint density at radius 2 is 2.18 bits per heavy atom. The van der Waals surface area contributed by atoms with E-state index in [-0.39, 0.29) is 17.0 Å². The third-order valence-electron chi connectivity index (χ3n) is 9.87. The standard InChI is InChI=1S/C24H31NO3/c1-3-13-10-14-11-15(25-27)4-5-16(14)17-6-8-23(2)22(21(13)17)18-12-19(18)24(23)9-7-20(26)28-24/h7,9,11,13,16-19,21-22,27H,3-6,8,10,12H2,1-2H3/b25-15+/t13-,16+,17?,18+,19-,21?,22?,23+,24+/m1/s1. The molecule has 4 fully saturated rings. The number of hydrogen-bond acceptors (Lipinski definition) is 4. The Morgan fingerprint density at radius 3 is 2.89 bits per heavy atom. The number of fused-ring (bicyclic) bond motifs is 9. The van der Waals surface area contributed by atoms with Crippen LogP contribution in [0.3, 0.4) is 0 Å². The van der Waals surface area contributed by atoms with Crippen LogP contribution in [0.1, 0.15) is 58.8 Å². The summed E-state index contributed by atoms with van der Waals surface area (Å²) in [4.78, 5) is 12.1. The Bertz CT molecular complexity index is 828. The molecule has 5 aliphatic carbocycles. The molecule has 6 rings (SSSR count). The van der Waals surface area contributed by atoms with Gasteiger partial charge in [0.05, 0.1) is 5.71 Å². The second-order valence-corrected chi connectivity index (χ2v) is 10.6. The Labute approximate surface area is 167 Å². The van der Waals surface area contributed by atoms with Gasteiger partial charge in [-0.05, 0) is 86.2 Å². The van der Waals surface area contributed by atoms with Crippen molar-refractivity contribution < 1.29 is 14.7 Å². The van der Waals surface area contributed by atoms with Gasteiger partial charge in [-0.2, -0.15) is 0 Å². The van der Waals surface area contributed by atoms with Gasteiger partial charge in [-0.3, -0.25) is 0 Å². The summed E-state index contributed by atoms with van der Waals surface area (Å²) in [6, 6.07) is 0. The quantitative estimate of drug-likeness (QED) is 0.406. The van der Waals surface area contributed by atoms with Crippen LogP contribution < -0.4 is 0 Å². The highest BCUT2D eigenvalue weighted by Gasteiger charge is 2.78. The molecular formula is C24H31NO3. The van der Waals surface area contributed by atoms with Gasteiger partial charge in [0, 0.05) is 17.4 Å². The summed E-state index contributed by atoms with van der Waals surface area (Å²) in [7, 11) is 0. The Balaban J connectivity index is 1.41. The fourth-order valence-electron chi connectivity index (χ4n) is 8.82. The summed E-state index contributed by atoms with van der Waals surface area (Å²) in [5.74, 6) is 4.72. The smallest absolute Gasteiger partial charge is 0.331 e. The summed E-state index contributed by atoms with van der Waals surface area (Å²) in [5, 5.41) is 12.8. The maximum absolute atomic E-state index is 12.1. The lowest BCUT2D eigenvalue weighted by Gasteiger charge is -2.59. The highest BCUT2D eigenvalue weighted by Crippen LogP contribution is 2.78. The van der Waals surface area contributed by atoms with Crippen molar-refractivity contribution in [1.82, 2.24) is 0 Å². The van der Waals surface area contributed by atoms with Crippen molar-refractivity contribution in [2.75, 3.05) is 0 Å². The Morgan fingerprint density at radius 1 is 1.32 bits per heavy atom. The van der Waals surface area contributed by atoms with Crippen molar-refractivity contribution in [3.05, 3.63) is 23.8 Å². The predicted molar refractivity (Wildman–Crippen MR) is 106 cm³/mol. The maximum Gasteiger partial charge on any atom is 0.331 e. The zero-order chi connectivity index (χ0) is 19.3. The average Bonchev–Trinajstić information content (AvgIpc) is 3.35. The van der Waals surface area contributed by atoms with Crippen molar-refractivity contribution in [3.8, 4) is 0 Å². The minimum atomic E-state index is -0.317. The molecule has 3 unspecified atom stereocenters. The molecule has 1 aliphatic heterocycles. The van der Waals surface area contributed by atoms with Crippen molar-refractivity contribution in [1.29, 1.82) is 0 Å². The molecule has 0 aromatic heterocycles. The van der Waals surface area contributed by atoms with Crippen molar-refractivity contribution >= 4 is 11.7 Å². The van der Waals surface area contributed by atoms with Gasteiger partial charge < -0.3 is 9.94 Å². The number of allylic oxidation sites excluding steroid dienone is 2. The van der Waals surface area contributed by atoms with Crippen LogP contribution in [0.25, 0.3) is 0 Å². The molecule has 9 atom stereocenters. The lowest BCUT2D eigenvalue weighted by atomic mass is 9.46. The Hall–Kier alpha value is -1.58. The van der Waals surface area contributed by atoms with Crippen LogP contribution in [-0.4, -0.2) is 22.5 Å². The monoisotopic (exact) mass is 381 g/mol. The van der Waals surface area contributed by atoms with Gasteiger partial charge in [0.15, 0.2) is 0 Å². The molecule has 150 valence electrons. The number of carbonyl (C=O) groups is 1. The zero-order valence-corrected chi connectivity index (χ0v) is 16.9. The van der Waals surface area contributed by atoms with Crippen LogP contribution in [-0.2, 0) is 9.53 Å². The maximum atomic E-state index is 12.1. The molecule has 1 heterocycles. The molecule has 4 heteroatoms. The van der Waals surface area contributed by atoms with Gasteiger partial charge in [0.25, 0.3) is 0 Å². The van der Waals surface area contributed by atoms with Crippen LogP contribution >= 0.6 is 0 Å². The van der Waals surface area contributed by atoms with E-state index in [4.69, 9.17) is 4.74 Å². The van der Waals surface area contributed by atoms with Gasteiger partial charge in [0.1, 0.15) is 5.60 Å². The highest BCUT2D eigenvalue weighted by atomic mass is 16.6. The third kappa shape index (κ3) is 1.92. The highest BCUT2D eigenvalue weighted by molar-refractivity contribution is 5.96. The van der Waals surface area contributed by atoms with Crippen LogP contribution in [0.4, 0.5) is 0 Å². The molecule has 0 amide bonds. The normalized spacial score (nSPS) is 54.6. The van der Waals surface area contributed by atoms with Gasteiger partial charge in [-0.15, -0.1) is 0 Å². The SMILES string of the molecule is CC[C@@H]1CC2=C/C(=N/O)CC[C@@H]2C2CC[C@@]3(C)C(C21)[C@H]1C[C@H]1[C@@]31C=CC(=O)O1. The summed E-state index contributed by atoms with van der Waals surface area (Å²) >= 11 is 0. The topological polar surface area (TPSA) is 58.9 Å². The van der Waals surface area contributed by atoms with Gasteiger partial charge in [0.2, 0.25) is 0 Å². The van der Waals surface area contributed by atoms with Crippen molar-refractivity contribution in [2.24, 2.45) is 52.0 Å². The van der Waals surface area contributed by atoms with Crippen molar-refractivity contribution in [3.63, 3.8) is 0 Å². The summed E-state index contributed by atoms with van der Waals surface area (Å²) in [5.41, 5.74) is 2.20. The third-order valence-corrected chi connectivity index (χ3v) is 9.87. The first-order valence-corrected chi connectivity index (χ1v) is 11.4. The molecule has 0 aromatic carbocycles. The van der Waals surface area contributed by atoms with E-state index in [9.17, 15) is 10.0 Å². The number of esters is 1. The van der Waals surface area contributed by atoms with Crippen LogP contribution in [0.5, 0.6) is 0 Å². The molecule has 0 bridgehead atoms. The fraction of sp³-hybridized carbons (Fsp3) is 0.750. The number of ether oxygens (including phenoxy) is 1. The zero-order valence-electron chi connectivity index (χ0n) is 16.9. The first-order chi connectivity index (χ1) is 13.5. The van der Waals surface area contributed by atoms with Crippen LogP contribution in [0, 0.1) is 46.8 Å². The second-order valence-electron chi connectivity index (χ2n) is 10.6. The van der Waals surface area contributed by atoms with E-state index in [2.05, 4.69) is 31.2 Å². The first kappa shape index (κ1) is 17.3. The van der Waals surface area contributed by atoms with Crippen LogP contribution in [0.15, 0.2) is 29.0 Å². The fourth-order valence-corrected chi connectivity index (χ4v) is 8.82. The molecule has 0 aromatic rings. The number of rotatable bonds is 1. The van der Waals surface area contributed by atoms with E-state index in [1.165, 1.54) is 25.7 Å². The summed E-state index contributed by atoms with van der Waals surface area (Å²) in [6.07, 6.45) is 14.1. The molecule has 0 radical (unpaired) electrons. The minimum absolute atomic E-state index is 0.103. The van der Waals surface area contributed by atoms with E-state index >= 15 is 0 Å². The van der Waals surface area contributed by atoms with Crippen molar-refractivity contribution in [2.45, 2.75) is 64.4 Å². The molecule has 0 saturated heterocycles. The number of oxime groups is 1. The van der Waals surface area contributed by atoms with E-state index in [0.29, 0.717) is 23.7 Å². The van der Waals surface area contributed by atoms with Gasteiger partial charge >= 0.3 is 5.97 Å². The van der Waals surface area contributed by atoms with Gasteiger partial charge in [-0.1, -0.05) is 31.0 Å². The number of hydrogen-bond donors (Lipinski definition) is 1. The lowest BCUT2D eigenvalue weighted by Crippen LogP contribution is -2.56. The molecule has 4 nitrogen and oxygen atoms in total. The second kappa shape index (κ2) is 5.52. The first-order valence-electron chi connectivity index (χ1n) is 11.4. The number of nitrogens with zero attached hydrogens (tertiary/aromatic N) is 1. The molecule has 1 N–H and O–H groups in total. The summed E-state index contributed by atoms with van der Waals surface area (Å²) in [6.45, 7) is 4.79. The van der Waals surface area contributed by atoms with Crippen LogP contribution in [0.2, 0.25) is 0 Å².